The van der Waals surface area contributed by atoms with Gasteiger partial charge in [-0.25, -0.2) is 4.98 Å². The van der Waals surface area contributed by atoms with Crippen LogP contribution in [0, 0.1) is 0 Å². The van der Waals surface area contributed by atoms with E-state index in [0.717, 1.165) is 21.7 Å². The number of nitrogens with one attached hydrogen (secondary N) is 1. The Morgan fingerprint density at radius 2 is 1.46 bits per heavy atom. The van der Waals surface area contributed by atoms with Crippen LogP contribution in [-0.4, -0.2) is 19.6 Å². The van der Waals surface area contributed by atoms with Crippen molar-refractivity contribution in [1.82, 2.24) is 4.98 Å². The largest absolute Gasteiger partial charge is 0.378 e. The average molecular weight is 546 g/mol. The number of halogens is 1. The Balaban J connectivity index is 1.41. The first-order chi connectivity index (χ1) is 18.0. The summed E-state index contributed by atoms with van der Waals surface area (Å²) in [6.45, 7) is 0. The van der Waals surface area contributed by atoms with Gasteiger partial charge in [0.15, 0.2) is 5.75 Å². The molecule has 1 N–H and O–H groups in total. The van der Waals surface area contributed by atoms with Crippen LogP contribution in [-0.2, 0) is 10.1 Å². The molecule has 4 aromatic carbocycles. The number of nitrogens with zero attached hydrogens (tertiary/aromatic N) is 2. The normalized spacial score (nSPS) is 11.5. The molecule has 0 aliphatic carbocycles. The number of aromatic nitrogens is 1. The maximum absolute atomic E-state index is 12.7. The van der Waals surface area contributed by atoms with Crippen molar-refractivity contribution in [3.8, 4) is 27.4 Å². The lowest BCUT2D eigenvalue weighted by molar-refractivity contribution is 0.485. The van der Waals surface area contributed by atoms with Gasteiger partial charge >= 0.3 is 10.1 Å². The molecule has 0 spiro atoms. The third-order valence-electron chi connectivity index (χ3n) is 5.30. The van der Waals surface area contributed by atoms with E-state index < -0.39 is 10.1 Å². The second-order valence-electron chi connectivity index (χ2n) is 7.83. The van der Waals surface area contributed by atoms with Gasteiger partial charge in [-0.2, -0.15) is 13.5 Å². The van der Waals surface area contributed by atoms with Crippen LogP contribution >= 0.6 is 22.9 Å². The van der Waals surface area contributed by atoms with Crippen molar-refractivity contribution in [3.63, 3.8) is 0 Å². The molecule has 5 aromatic rings. The summed E-state index contributed by atoms with van der Waals surface area (Å²) in [6.07, 6.45) is 1.50. The molecule has 0 aliphatic rings. The first-order valence-corrected chi connectivity index (χ1v) is 13.8. The van der Waals surface area contributed by atoms with Crippen LogP contribution < -0.4 is 9.61 Å². The van der Waals surface area contributed by atoms with Crippen LogP contribution in [0.25, 0.3) is 21.7 Å². The molecule has 37 heavy (non-hydrogen) atoms. The fourth-order valence-corrected chi connectivity index (χ4v) is 5.57. The minimum Gasteiger partial charge on any atom is -0.378 e. The summed E-state index contributed by atoms with van der Waals surface area (Å²) in [5.74, 6) is 0.169. The van der Waals surface area contributed by atoms with Crippen molar-refractivity contribution in [2.24, 2.45) is 5.10 Å². The smallest absolute Gasteiger partial charge is 0.339 e. The van der Waals surface area contributed by atoms with E-state index in [2.05, 4.69) is 10.5 Å². The molecule has 1 heterocycles. The third kappa shape index (κ3) is 5.89. The highest BCUT2D eigenvalue weighted by Crippen LogP contribution is 2.39. The van der Waals surface area contributed by atoms with Crippen LogP contribution in [0.3, 0.4) is 0 Å². The molecule has 0 aliphatic heterocycles. The van der Waals surface area contributed by atoms with Crippen LogP contribution in [0.15, 0.2) is 119 Å². The summed E-state index contributed by atoms with van der Waals surface area (Å²) < 4.78 is 30.8. The summed E-state index contributed by atoms with van der Waals surface area (Å²) in [5.41, 5.74) is 6.25. The summed E-state index contributed by atoms with van der Waals surface area (Å²) in [7, 11) is -3.98. The molecule has 0 amide bonds. The van der Waals surface area contributed by atoms with Gasteiger partial charge in [-0.05, 0) is 42.0 Å². The zero-order valence-electron chi connectivity index (χ0n) is 19.3. The second kappa shape index (κ2) is 11.0. The van der Waals surface area contributed by atoms with Crippen LogP contribution in [0.4, 0.5) is 5.13 Å². The molecule has 184 valence electrons. The lowest BCUT2D eigenvalue weighted by atomic mass is 10.1. The van der Waals surface area contributed by atoms with Crippen LogP contribution in [0.2, 0.25) is 5.02 Å². The lowest BCUT2D eigenvalue weighted by Gasteiger charge is -2.09. The topological polar surface area (TPSA) is 80.7 Å². The zero-order chi connectivity index (χ0) is 25.7. The maximum atomic E-state index is 12.7. The van der Waals surface area contributed by atoms with Crippen molar-refractivity contribution in [3.05, 3.63) is 120 Å². The Morgan fingerprint density at radius 3 is 2.19 bits per heavy atom. The minimum atomic E-state index is -3.98. The number of hydrogen-bond acceptors (Lipinski definition) is 7. The lowest BCUT2D eigenvalue weighted by Crippen LogP contribution is -2.10. The van der Waals surface area contributed by atoms with E-state index in [-0.39, 0.29) is 10.6 Å². The summed E-state index contributed by atoms with van der Waals surface area (Å²) in [5, 5.41) is 5.55. The predicted molar refractivity (Wildman–Crippen MR) is 150 cm³/mol. The Labute approximate surface area is 224 Å². The van der Waals surface area contributed by atoms with Crippen molar-refractivity contribution in [2.45, 2.75) is 4.90 Å². The van der Waals surface area contributed by atoms with Crippen molar-refractivity contribution >= 4 is 44.4 Å². The van der Waals surface area contributed by atoms with Gasteiger partial charge in [-0.3, -0.25) is 5.43 Å². The minimum absolute atomic E-state index is 0.0748. The third-order valence-corrected chi connectivity index (χ3v) is 7.80. The second-order valence-corrected chi connectivity index (χ2v) is 10.8. The quantitative estimate of drug-likeness (QED) is 0.125. The summed E-state index contributed by atoms with van der Waals surface area (Å²) in [4.78, 5) is 5.81. The maximum Gasteiger partial charge on any atom is 0.339 e. The molecule has 6 nitrogen and oxygen atoms in total. The Bertz CT molecular complexity index is 1640. The molecule has 0 saturated heterocycles. The first kappa shape index (κ1) is 24.7. The molecule has 0 fully saturated rings. The molecule has 0 radical (unpaired) electrons. The highest BCUT2D eigenvalue weighted by molar-refractivity contribution is 7.87. The molecule has 0 unspecified atom stereocenters. The number of hydrazone groups is 1. The number of benzene rings is 4. The van der Waals surface area contributed by atoms with Gasteiger partial charge in [-0.15, -0.1) is 0 Å². The molecule has 9 heteroatoms. The van der Waals surface area contributed by atoms with E-state index in [1.54, 1.807) is 42.5 Å². The zero-order valence-corrected chi connectivity index (χ0v) is 21.7. The standard InChI is InChI=1S/C28H20ClN3O3S2/c29-23-17-15-21(16-18-23)27-26(20-9-3-1-4-10-20)31-28(36-27)32-30-19-22-11-7-8-14-25(22)35-37(33,34)24-12-5-2-6-13-24/h1-19H,(H,31,32)/b30-19-. The number of para-hydroxylation sites is 1. The van der Waals surface area contributed by atoms with E-state index in [9.17, 15) is 8.42 Å². The van der Waals surface area contributed by atoms with E-state index in [1.165, 1.54) is 29.7 Å². The van der Waals surface area contributed by atoms with Gasteiger partial charge in [0.05, 0.1) is 16.8 Å². The van der Waals surface area contributed by atoms with Crippen molar-refractivity contribution in [2.75, 3.05) is 5.43 Å². The van der Waals surface area contributed by atoms with Gasteiger partial charge < -0.3 is 4.18 Å². The van der Waals surface area contributed by atoms with Gasteiger partial charge in [0.2, 0.25) is 5.13 Å². The highest BCUT2D eigenvalue weighted by Gasteiger charge is 2.18. The fraction of sp³-hybridized carbons (Fsp3) is 0. The first-order valence-electron chi connectivity index (χ1n) is 11.2. The molecular weight excluding hydrogens is 526 g/mol. The average Bonchev–Trinajstić information content (AvgIpc) is 3.35. The van der Waals surface area contributed by atoms with E-state index >= 15 is 0 Å². The Hall–Kier alpha value is -3.98. The monoisotopic (exact) mass is 545 g/mol. The molecular formula is C28H20ClN3O3S2. The summed E-state index contributed by atoms with van der Waals surface area (Å²) in [6, 6.07) is 32.3. The number of anilines is 1. The van der Waals surface area contributed by atoms with Crippen LogP contribution in [0.5, 0.6) is 5.75 Å². The highest BCUT2D eigenvalue weighted by atomic mass is 35.5. The van der Waals surface area contributed by atoms with E-state index in [0.29, 0.717) is 15.7 Å². The fourth-order valence-electron chi connectivity index (χ4n) is 3.53. The molecule has 5 rings (SSSR count). The van der Waals surface area contributed by atoms with Gasteiger partial charge in [0.25, 0.3) is 0 Å². The van der Waals surface area contributed by atoms with E-state index in [1.807, 2.05) is 54.6 Å². The predicted octanol–water partition coefficient (Wildman–Crippen LogP) is 7.34. The van der Waals surface area contributed by atoms with Crippen molar-refractivity contribution < 1.29 is 12.6 Å². The van der Waals surface area contributed by atoms with Gasteiger partial charge in [0, 0.05) is 16.1 Å². The molecule has 0 bridgehead atoms. The van der Waals surface area contributed by atoms with Crippen LogP contribution in [0.1, 0.15) is 5.56 Å². The van der Waals surface area contributed by atoms with E-state index in [4.69, 9.17) is 20.8 Å². The number of thiazole rings is 1. The van der Waals surface area contributed by atoms with Gasteiger partial charge in [0.1, 0.15) is 4.90 Å². The molecule has 1 aromatic heterocycles. The summed E-state index contributed by atoms with van der Waals surface area (Å²) >= 11 is 7.54. The number of rotatable bonds is 8. The Morgan fingerprint density at radius 1 is 0.811 bits per heavy atom. The molecule has 0 saturated carbocycles. The Kier molecular flexibility index (Phi) is 7.32. The van der Waals surface area contributed by atoms with Gasteiger partial charge in [-0.1, -0.05) is 95.7 Å². The number of hydrogen-bond donors (Lipinski definition) is 1. The SMILES string of the molecule is O=S(=O)(Oc1ccccc1/C=N\Nc1nc(-c2ccccc2)c(-c2ccc(Cl)cc2)s1)c1ccccc1. The molecule has 0 atom stereocenters. The van der Waals surface area contributed by atoms with Crippen molar-refractivity contribution in [1.29, 1.82) is 0 Å².